The minimum atomic E-state index is -1.07. The molecule has 0 spiro atoms. The van der Waals surface area contributed by atoms with Crippen LogP contribution < -0.4 is 24.8 Å². The van der Waals surface area contributed by atoms with Gasteiger partial charge in [0.05, 0.1) is 0 Å². The van der Waals surface area contributed by atoms with E-state index in [-0.39, 0.29) is 35.6 Å². The Bertz CT molecular complexity index is 1550. The summed E-state index contributed by atoms with van der Waals surface area (Å²) in [5, 5.41) is 0. The first-order valence-electron chi connectivity index (χ1n) is 15.1. The second-order valence-electron chi connectivity index (χ2n) is 13.6. The predicted molar refractivity (Wildman–Crippen MR) is 179 cm³/mol. The molecule has 0 saturated carbocycles. The molecular formula is C38H42Cl2S2Zr. The molecule has 2 unspecified atom stereocenters. The molecule has 0 aliphatic heterocycles. The van der Waals surface area contributed by atoms with Crippen molar-refractivity contribution in [3.63, 3.8) is 0 Å². The molecule has 2 aliphatic rings. The SMILES string of the molecule is CCc1ccc(C2=Cc3c(cccc3C(C)(C)C)[CH]2[Zr+2][CH]2C(c3ccc(CC)s3)=Cc3c2cccc3C(C)(C)C)s1.[Cl-].[Cl-]. The first-order chi connectivity index (χ1) is 19.5. The number of halogens is 2. The number of fused-ring (bicyclic) bond motifs is 2. The van der Waals surface area contributed by atoms with Gasteiger partial charge in [0.15, 0.2) is 0 Å². The quantitative estimate of drug-likeness (QED) is 0.246. The molecule has 4 aromatic rings. The molecule has 0 bridgehead atoms. The number of rotatable bonds is 6. The van der Waals surface area contributed by atoms with Crippen LogP contribution in [0.15, 0.2) is 60.7 Å². The monoisotopic (exact) mass is 722 g/mol. The number of thiophene rings is 2. The number of hydrogen-bond donors (Lipinski definition) is 0. The van der Waals surface area contributed by atoms with Crippen molar-refractivity contribution in [2.24, 2.45) is 0 Å². The average molecular weight is 725 g/mol. The summed E-state index contributed by atoms with van der Waals surface area (Å²) in [5.74, 6) is 0. The van der Waals surface area contributed by atoms with E-state index in [0.717, 1.165) is 12.8 Å². The molecule has 0 radical (unpaired) electrons. The van der Waals surface area contributed by atoms with Gasteiger partial charge in [-0.2, -0.15) is 0 Å². The minimum absolute atomic E-state index is 0. The van der Waals surface area contributed by atoms with E-state index < -0.39 is 23.2 Å². The van der Waals surface area contributed by atoms with Crippen LogP contribution in [0, 0.1) is 0 Å². The summed E-state index contributed by atoms with van der Waals surface area (Å²) < 4.78 is 1.09. The number of benzene rings is 2. The van der Waals surface area contributed by atoms with Crippen molar-refractivity contribution in [3.8, 4) is 0 Å². The first kappa shape index (κ1) is 34.7. The van der Waals surface area contributed by atoms with Gasteiger partial charge in [-0.15, -0.1) is 0 Å². The Kier molecular flexibility index (Phi) is 10.7. The van der Waals surface area contributed by atoms with E-state index in [1.54, 1.807) is 22.3 Å². The van der Waals surface area contributed by atoms with Gasteiger partial charge >= 0.3 is 269 Å². The van der Waals surface area contributed by atoms with Crippen molar-refractivity contribution >= 4 is 46.0 Å². The molecular weight excluding hydrogens is 683 g/mol. The Labute approximate surface area is 291 Å². The maximum absolute atomic E-state index is 2.60. The van der Waals surface area contributed by atoms with Gasteiger partial charge < -0.3 is 24.8 Å². The largest absolute Gasteiger partial charge is 1.00 e. The van der Waals surface area contributed by atoms with E-state index in [2.05, 4.69) is 128 Å². The van der Waals surface area contributed by atoms with Crippen LogP contribution in [0.3, 0.4) is 0 Å². The van der Waals surface area contributed by atoms with Gasteiger partial charge in [-0.1, -0.05) is 0 Å². The smallest absolute Gasteiger partial charge is 1.00 e. The molecule has 2 aromatic carbocycles. The molecule has 6 rings (SSSR count). The summed E-state index contributed by atoms with van der Waals surface area (Å²) in [6, 6.07) is 23.9. The second-order valence-corrected chi connectivity index (χ2v) is 19.6. The summed E-state index contributed by atoms with van der Waals surface area (Å²) in [5.41, 5.74) is 12.6. The molecule has 0 amide bonds. The minimum Gasteiger partial charge on any atom is -1.00 e. The Morgan fingerprint density at radius 3 is 1.30 bits per heavy atom. The van der Waals surface area contributed by atoms with Crippen LogP contribution in [0.25, 0.3) is 23.3 Å². The fourth-order valence-electron chi connectivity index (χ4n) is 6.51. The van der Waals surface area contributed by atoms with Crippen LogP contribution in [0.1, 0.15) is 116 Å². The van der Waals surface area contributed by atoms with Crippen molar-refractivity contribution in [3.05, 3.63) is 114 Å². The van der Waals surface area contributed by atoms with Gasteiger partial charge in [0.1, 0.15) is 0 Å². The average Bonchev–Trinajstić information content (AvgIpc) is 3.72. The topological polar surface area (TPSA) is 0 Å². The van der Waals surface area contributed by atoms with Crippen LogP contribution >= 0.6 is 22.7 Å². The van der Waals surface area contributed by atoms with Gasteiger partial charge in [0.2, 0.25) is 0 Å². The standard InChI is InChI=1S/2C19H21S.2ClH.Zr/c2*1-5-15-9-10-18(20-15)14-11-13-7-6-8-17(16(13)12-14)19(2,3)4;;;/h2*6-12H,5H2,1-4H3;2*1H;/q;;;;+2/p-2. The summed E-state index contributed by atoms with van der Waals surface area (Å²) in [4.78, 5) is 5.95. The third kappa shape index (κ3) is 6.55. The molecule has 43 heavy (non-hydrogen) atoms. The number of allylic oxidation sites excluding steroid dienone is 2. The maximum atomic E-state index is 2.60. The molecule has 224 valence electrons. The second kappa shape index (κ2) is 13.3. The van der Waals surface area contributed by atoms with Gasteiger partial charge in [-0.05, 0) is 0 Å². The summed E-state index contributed by atoms with van der Waals surface area (Å²) in [6.45, 7) is 18.8. The molecule has 2 atom stereocenters. The summed E-state index contributed by atoms with van der Waals surface area (Å²) >= 11 is 2.97. The number of hydrogen-bond acceptors (Lipinski definition) is 2. The molecule has 0 nitrogen and oxygen atoms in total. The Morgan fingerprint density at radius 2 is 0.977 bits per heavy atom. The van der Waals surface area contributed by atoms with E-state index in [1.165, 1.54) is 41.8 Å². The fraction of sp³-hybridized carbons (Fsp3) is 0.368. The Balaban J connectivity index is 0.00000212. The normalized spacial score (nSPS) is 17.3. The van der Waals surface area contributed by atoms with Crippen molar-refractivity contribution in [1.82, 2.24) is 0 Å². The van der Waals surface area contributed by atoms with Crippen molar-refractivity contribution < 1.29 is 48.0 Å². The molecule has 0 saturated heterocycles. The van der Waals surface area contributed by atoms with Gasteiger partial charge in [0, 0.05) is 0 Å². The zero-order valence-electron chi connectivity index (χ0n) is 26.6. The van der Waals surface area contributed by atoms with Crippen LogP contribution in [-0.2, 0) is 46.9 Å². The zero-order valence-corrected chi connectivity index (χ0v) is 32.2. The predicted octanol–water partition coefficient (Wildman–Crippen LogP) is 5.51. The van der Waals surface area contributed by atoms with Crippen LogP contribution in [0.4, 0.5) is 0 Å². The van der Waals surface area contributed by atoms with E-state index in [4.69, 9.17) is 0 Å². The van der Waals surface area contributed by atoms with Crippen LogP contribution in [-0.4, -0.2) is 0 Å². The molecule has 0 N–H and O–H groups in total. The Hall–Kier alpha value is -1.22. The molecule has 2 aliphatic carbocycles. The van der Waals surface area contributed by atoms with Crippen molar-refractivity contribution in [1.29, 1.82) is 0 Å². The third-order valence-electron chi connectivity index (χ3n) is 8.66. The maximum Gasteiger partial charge on any atom is -1.00 e. The third-order valence-corrected chi connectivity index (χ3v) is 15.9. The van der Waals surface area contributed by atoms with Gasteiger partial charge in [-0.25, -0.2) is 0 Å². The molecule has 0 fully saturated rings. The van der Waals surface area contributed by atoms with E-state index in [9.17, 15) is 0 Å². The van der Waals surface area contributed by atoms with Gasteiger partial charge in [0.25, 0.3) is 0 Å². The Morgan fingerprint density at radius 1 is 0.581 bits per heavy atom. The fourth-order valence-corrected chi connectivity index (χ4v) is 14.0. The van der Waals surface area contributed by atoms with E-state index >= 15 is 0 Å². The number of aryl methyl sites for hydroxylation is 2. The molecule has 5 heteroatoms. The van der Waals surface area contributed by atoms with Crippen molar-refractivity contribution in [2.45, 2.75) is 86.3 Å². The van der Waals surface area contributed by atoms with Crippen LogP contribution in [0.2, 0.25) is 0 Å². The first-order valence-corrected chi connectivity index (χ1v) is 19.6. The molecule has 2 aromatic heterocycles. The van der Waals surface area contributed by atoms with E-state index in [1.807, 2.05) is 22.7 Å². The zero-order chi connectivity index (χ0) is 29.1. The van der Waals surface area contributed by atoms with Crippen LogP contribution in [0.5, 0.6) is 0 Å². The van der Waals surface area contributed by atoms with Gasteiger partial charge in [-0.3, -0.25) is 0 Å². The summed E-state index contributed by atoms with van der Waals surface area (Å²) in [6.07, 6.45) is 7.41. The van der Waals surface area contributed by atoms with Crippen molar-refractivity contribution in [2.75, 3.05) is 0 Å². The summed E-state index contributed by atoms with van der Waals surface area (Å²) in [7, 11) is 0. The van der Waals surface area contributed by atoms with E-state index in [0.29, 0.717) is 7.25 Å². The molecule has 2 heterocycles.